The van der Waals surface area contributed by atoms with Crippen LogP contribution in [-0.2, 0) is 4.79 Å². The summed E-state index contributed by atoms with van der Waals surface area (Å²) in [5, 5.41) is 0. The minimum Gasteiger partial charge on any atom is -0.397 e. The lowest BCUT2D eigenvalue weighted by atomic mass is 10.0. The Labute approximate surface area is 99.4 Å². The van der Waals surface area contributed by atoms with Crippen LogP contribution in [0, 0.1) is 5.82 Å². The van der Waals surface area contributed by atoms with Gasteiger partial charge in [-0.15, -0.1) is 0 Å². The number of hydrogen-bond donors (Lipinski definition) is 2. The molecule has 1 aliphatic rings. The van der Waals surface area contributed by atoms with Gasteiger partial charge in [-0.3, -0.25) is 4.79 Å². The molecule has 1 aromatic carbocycles. The van der Waals surface area contributed by atoms with Gasteiger partial charge >= 0.3 is 0 Å². The van der Waals surface area contributed by atoms with Gasteiger partial charge in [0.25, 0.3) is 0 Å². The number of primary amides is 1. The molecule has 0 aliphatic carbocycles. The van der Waals surface area contributed by atoms with E-state index in [1.165, 1.54) is 18.2 Å². The van der Waals surface area contributed by atoms with Crippen molar-refractivity contribution in [2.75, 3.05) is 17.2 Å². The van der Waals surface area contributed by atoms with Gasteiger partial charge in [-0.25, -0.2) is 4.39 Å². The Hall–Kier alpha value is -1.78. The molecule has 0 aromatic heterocycles. The number of nitrogens with two attached hydrogens (primary N) is 2. The van der Waals surface area contributed by atoms with E-state index in [0.717, 1.165) is 12.8 Å². The Morgan fingerprint density at radius 2 is 2.18 bits per heavy atom. The van der Waals surface area contributed by atoms with E-state index < -0.39 is 0 Å². The van der Waals surface area contributed by atoms with Crippen LogP contribution >= 0.6 is 0 Å². The van der Waals surface area contributed by atoms with Gasteiger partial charge in [0.1, 0.15) is 11.9 Å². The minimum atomic E-state index is -0.382. The first-order valence-electron chi connectivity index (χ1n) is 5.70. The van der Waals surface area contributed by atoms with E-state index in [2.05, 4.69) is 0 Å². The van der Waals surface area contributed by atoms with Crippen molar-refractivity contribution in [2.45, 2.75) is 25.3 Å². The van der Waals surface area contributed by atoms with Crippen LogP contribution in [-0.4, -0.2) is 18.5 Å². The summed E-state index contributed by atoms with van der Waals surface area (Å²) in [6.07, 6.45) is 2.62. The number of anilines is 2. The molecule has 4 N–H and O–H groups in total. The molecule has 1 amide bonds. The lowest BCUT2D eigenvalue weighted by molar-refractivity contribution is -0.119. The Bertz CT molecular complexity index is 436. The van der Waals surface area contributed by atoms with Crippen LogP contribution in [0.4, 0.5) is 15.8 Å². The third-order valence-electron chi connectivity index (χ3n) is 3.13. The summed E-state index contributed by atoms with van der Waals surface area (Å²) in [4.78, 5) is 13.2. The molecule has 0 bridgehead atoms. The normalized spacial score (nSPS) is 20.3. The minimum absolute atomic E-state index is 0.358. The number of amides is 1. The SMILES string of the molecule is NC(=O)C1CCCCN1c1cc(F)ccc1N. The van der Waals surface area contributed by atoms with Gasteiger partial charge in [-0.2, -0.15) is 0 Å². The molecule has 0 radical (unpaired) electrons. The fourth-order valence-electron chi connectivity index (χ4n) is 2.28. The first-order chi connectivity index (χ1) is 8.09. The second kappa shape index (κ2) is 4.61. The first kappa shape index (κ1) is 11.7. The van der Waals surface area contributed by atoms with Crippen molar-refractivity contribution < 1.29 is 9.18 Å². The van der Waals surface area contributed by atoms with E-state index in [0.29, 0.717) is 24.3 Å². The standard InChI is InChI=1S/C12H16FN3O/c13-8-4-5-9(14)11(7-8)16-6-2-1-3-10(16)12(15)17/h4-5,7,10H,1-3,6,14H2,(H2,15,17). The number of piperidine rings is 1. The van der Waals surface area contributed by atoms with Crippen molar-refractivity contribution >= 4 is 17.3 Å². The lowest BCUT2D eigenvalue weighted by Gasteiger charge is -2.36. The third kappa shape index (κ3) is 2.33. The molecule has 1 atom stereocenters. The lowest BCUT2D eigenvalue weighted by Crippen LogP contribution is -2.48. The van der Waals surface area contributed by atoms with Crippen molar-refractivity contribution in [2.24, 2.45) is 5.73 Å². The molecule has 2 rings (SSSR count). The van der Waals surface area contributed by atoms with Crippen LogP contribution in [0.2, 0.25) is 0 Å². The van der Waals surface area contributed by atoms with Gasteiger partial charge in [-0.05, 0) is 37.5 Å². The Morgan fingerprint density at radius 3 is 2.88 bits per heavy atom. The van der Waals surface area contributed by atoms with Crippen molar-refractivity contribution in [3.8, 4) is 0 Å². The first-order valence-corrected chi connectivity index (χ1v) is 5.70. The van der Waals surface area contributed by atoms with Crippen molar-refractivity contribution in [1.29, 1.82) is 0 Å². The van der Waals surface area contributed by atoms with Gasteiger partial charge in [0, 0.05) is 6.54 Å². The topological polar surface area (TPSA) is 72.4 Å². The summed E-state index contributed by atoms with van der Waals surface area (Å²) in [6.45, 7) is 0.682. The van der Waals surface area contributed by atoms with Crippen molar-refractivity contribution in [3.05, 3.63) is 24.0 Å². The summed E-state index contributed by atoms with van der Waals surface area (Å²) in [5.41, 5.74) is 12.2. The van der Waals surface area contributed by atoms with Crippen LogP contribution in [0.5, 0.6) is 0 Å². The zero-order valence-electron chi connectivity index (χ0n) is 9.53. The molecular formula is C12H16FN3O. The second-order valence-corrected chi connectivity index (χ2v) is 4.31. The van der Waals surface area contributed by atoms with Crippen molar-refractivity contribution in [3.63, 3.8) is 0 Å². The number of hydrogen-bond acceptors (Lipinski definition) is 3. The number of rotatable bonds is 2. The van der Waals surface area contributed by atoms with Gasteiger partial charge in [0.2, 0.25) is 5.91 Å². The molecule has 1 saturated heterocycles. The van der Waals surface area contributed by atoms with Gasteiger partial charge in [-0.1, -0.05) is 0 Å². The van der Waals surface area contributed by atoms with E-state index in [4.69, 9.17) is 11.5 Å². The quantitative estimate of drug-likeness (QED) is 0.760. The summed E-state index contributed by atoms with van der Waals surface area (Å²) in [6, 6.07) is 3.79. The van der Waals surface area contributed by atoms with Gasteiger partial charge in [0.05, 0.1) is 11.4 Å². The highest BCUT2D eigenvalue weighted by molar-refractivity contribution is 5.85. The van der Waals surface area contributed by atoms with E-state index in [1.807, 2.05) is 4.90 Å². The van der Waals surface area contributed by atoms with Crippen LogP contribution in [0.1, 0.15) is 19.3 Å². The number of nitrogens with zero attached hydrogens (tertiary/aromatic N) is 1. The summed E-state index contributed by atoms with van der Waals surface area (Å²) in [5.74, 6) is -0.739. The zero-order chi connectivity index (χ0) is 12.4. The summed E-state index contributed by atoms with van der Waals surface area (Å²) < 4.78 is 13.2. The van der Waals surface area contributed by atoms with E-state index in [-0.39, 0.29) is 17.8 Å². The molecule has 4 nitrogen and oxygen atoms in total. The Balaban J connectivity index is 2.35. The monoisotopic (exact) mass is 237 g/mol. The fourth-order valence-corrected chi connectivity index (χ4v) is 2.28. The Morgan fingerprint density at radius 1 is 1.41 bits per heavy atom. The molecule has 92 valence electrons. The maximum absolute atomic E-state index is 13.2. The van der Waals surface area contributed by atoms with E-state index in [9.17, 15) is 9.18 Å². The molecule has 1 unspecified atom stereocenters. The highest BCUT2D eigenvalue weighted by Crippen LogP contribution is 2.30. The molecular weight excluding hydrogens is 221 g/mol. The number of carbonyl (C=O) groups is 1. The highest BCUT2D eigenvalue weighted by atomic mass is 19.1. The highest BCUT2D eigenvalue weighted by Gasteiger charge is 2.28. The maximum atomic E-state index is 13.2. The zero-order valence-corrected chi connectivity index (χ0v) is 9.53. The molecule has 1 fully saturated rings. The maximum Gasteiger partial charge on any atom is 0.240 e. The predicted molar refractivity (Wildman–Crippen MR) is 65.0 cm³/mol. The second-order valence-electron chi connectivity index (χ2n) is 4.31. The van der Waals surface area contributed by atoms with Crippen LogP contribution in [0.15, 0.2) is 18.2 Å². The molecule has 1 heterocycles. The number of carbonyl (C=O) groups excluding carboxylic acids is 1. The molecule has 5 heteroatoms. The number of benzene rings is 1. The number of nitrogen functional groups attached to an aromatic ring is 1. The average Bonchev–Trinajstić information content (AvgIpc) is 2.32. The molecule has 1 aliphatic heterocycles. The summed E-state index contributed by atoms with van der Waals surface area (Å²) in [7, 11) is 0. The largest absolute Gasteiger partial charge is 0.397 e. The van der Waals surface area contributed by atoms with Gasteiger partial charge in [0.15, 0.2) is 0 Å². The predicted octanol–water partition coefficient (Wildman–Crippen LogP) is 1.25. The van der Waals surface area contributed by atoms with Crippen molar-refractivity contribution in [1.82, 2.24) is 0 Å². The average molecular weight is 237 g/mol. The molecule has 1 aromatic rings. The Kier molecular flexibility index (Phi) is 3.17. The number of halogens is 1. The van der Waals surface area contributed by atoms with E-state index in [1.54, 1.807) is 0 Å². The smallest absolute Gasteiger partial charge is 0.240 e. The van der Waals surface area contributed by atoms with Gasteiger partial charge < -0.3 is 16.4 Å². The van der Waals surface area contributed by atoms with Crippen LogP contribution < -0.4 is 16.4 Å². The fraction of sp³-hybridized carbons (Fsp3) is 0.417. The van der Waals surface area contributed by atoms with E-state index >= 15 is 0 Å². The third-order valence-corrected chi connectivity index (χ3v) is 3.13. The van der Waals surface area contributed by atoms with Crippen LogP contribution in [0.25, 0.3) is 0 Å². The molecule has 0 saturated carbocycles. The summed E-state index contributed by atoms with van der Waals surface area (Å²) >= 11 is 0. The molecule has 17 heavy (non-hydrogen) atoms. The molecule has 0 spiro atoms. The van der Waals surface area contributed by atoms with Crippen LogP contribution in [0.3, 0.4) is 0 Å².